The largest absolute Gasteiger partial charge is 0.361 e. The van der Waals surface area contributed by atoms with Gasteiger partial charge in [-0.1, -0.05) is 12.8 Å². The zero-order chi connectivity index (χ0) is 15.3. The summed E-state index contributed by atoms with van der Waals surface area (Å²) >= 11 is 0. The number of carbonyl (C=O) groups is 1. The smallest absolute Gasteiger partial charge is 0.171 e. The third-order valence-electron chi connectivity index (χ3n) is 6.04. The van der Waals surface area contributed by atoms with Crippen LogP contribution in [0.4, 0.5) is 0 Å². The summed E-state index contributed by atoms with van der Waals surface area (Å²) < 4.78 is 6.06. The molecule has 3 heteroatoms. The van der Waals surface area contributed by atoms with Crippen LogP contribution in [0.5, 0.6) is 0 Å². The lowest BCUT2D eigenvalue weighted by molar-refractivity contribution is -0.132. The van der Waals surface area contributed by atoms with Crippen LogP contribution in [0.1, 0.15) is 66.2 Å². The second-order valence-electron chi connectivity index (χ2n) is 8.38. The van der Waals surface area contributed by atoms with E-state index in [-0.39, 0.29) is 11.5 Å². The van der Waals surface area contributed by atoms with Crippen molar-refractivity contribution in [1.82, 2.24) is 4.90 Å². The molecular formula is C18H31NO2. The summed E-state index contributed by atoms with van der Waals surface area (Å²) in [5.41, 5.74) is -0.944. The lowest BCUT2D eigenvalue weighted by Crippen LogP contribution is -2.44. The first-order chi connectivity index (χ1) is 9.81. The third kappa shape index (κ3) is 2.79. The number of hydrogen-bond acceptors (Lipinski definition) is 3. The maximum absolute atomic E-state index is 12.7. The Bertz CT molecular complexity index is 409. The summed E-state index contributed by atoms with van der Waals surface area (Å²) in [6.45, 7) is 10.1. The number of Topliss-reactive ketones (excluding diaryl/α,β-unsaturated/α-hetero) is 1. The van der Waals surface area contributed by atoms with Gasteiger partial charge in [-0.25, -0.2) is 0 Å². The van der Waals surface area contributed by atoms with Crippen molar-refractivity contribution >= 4 is 5.78 Å². The third-order valence-corrected chi connectivity index (χ3v) is 6.04. The van der Waals surface area contributed by atoms with E-state index in [0.29, 0.717) is 5.78 Å². The van der Waals surface area contributed by atoms with Crippen LogP contribution in [0.2, 0.25) is 0 Å². The highest BCUT2D eigenvalue weighted by molar-refractivity contribution is 5.91. The van der Waals surface area contributed by atoms with E-state index >= 15 is 0 Å². The lowest BCUT2D eigenvalue weighted by Gasteiger charge is -2.34. The van der Waals surface area contributed by atoms with E-state index in [1.807, 2.05) is 13.8 Å². The molecule has 2 atom stereocenters. The van der Waals surface area contributed by atoms with Crippen molar-refractivity contribution in [2.45, 2.75) is 83.5 Å². The van der Waals surface area contributed by atoms with Crippen molar-refractivity contribution in [2.24, 2.45) is 11.8 Å². The number of likely N-dealkylation sites (tertiary alicyclic amines) is 1. The normalized spacial score (nSPS) is 36.7. The number of carbonyl (C=O) groups excluding carboxylic acids is 1. The molecular weight excluding hydrogens is 262 g/mol. The van der Waals surface area contributed by atoms with Gasteiger partial charge in [-0.05, 0) is 65.8 Å². The van der Waals surface area contributed by atoms with Gasteiger partial charge < -0.3 is 4.74 Å². The number of ketones is 1. The van der Waals surface area contributed by atoms with E-state index in [4.69, 9.17) is 4.74 Å². The van der Waals surface area contributed by atoms with Gasteiger partial charge in [0.15, 0.2) is 5.78 Å². The van der Waals surface area contributed by atoms with Crippen LogP contribution in [0, 0.1) is 11.8 Å². The average Bonchev–Trinajstić information content (AvgIpc) is 3.06. The molecule has 21 heavy (non-hydrogen) atoms. The van der Waals surface area contributed by atoms with Gasteiger partial charge in [0, 0.05) is 12.6 Å². The molecule has 0 N–H and O–H groups in total. The molecule has 2 heterocycles. The number of nitrogens with zero attached hydrogens (tertiary/aromatic N) is 1. The van der Waals surface area contributed by atoms with Crippen molar-refractivity contribution in [3.8, 4) is 0 Å². The van der Waals surface area contributed by atoms with Gasteiger partial charge in [-0.2, -0.15) is 0 Å². The molecule has 0 aromatic carbocycles. The van der Waals surface area contributed by atoms with Crippen LogP contribution in [0.3, 0.4) is 0 Å². The van der Waals surface area contributed by atoms with E-state index in [9.17, 15) is 4.79 Å². The van der Waals surface area contributed by atoms with Crippen molar-refractivity contribution in [1.29, 1.82) is 0 Å². The Kier molecular flexibility index (Phi) is 3.94. The minimum absolute atomic E-state index is 0.0227. The molecule has 0 aromatic rings. The highest BCUT2D eigenvalue weighted by Gasteiger charge is 2.54. The standard InChI is InChI=1S/C18H31NO2/c1-17(2)14(16(20)18(3,4)21-17)12-19-11-7-10-15(19)13-8-5-6-9-13/h13-15H,5-12H2,1-4H3. The van der Waals surface area contributed by atoms with Crippen LogP contribution in [0.15, 0.2) is 0 Å². The molecule has 1 saturated carbocycles. The summed E-state index contributed by atoms with van der Waals surface area (Å²) in [4.78, 5) is 15.3. The second kappa shape index (κ2) is 5.34. The summed E-state index contributed by atoms with van der Waals surface area (Å²) in [6, 6.07) is 0.722. The maximum Gasteiger partial charge on any atom is 0.171 e. The fraction of sp³-hybridized carbons (Fsp3) is 0.944. The van der Waals surface area contributed by atoms with Crippen molar-refractivity contribution in [3.05, 3.63) is 0 Å². The van der Waals surface area contributed by atoms with Crippen LogP contribution >= 0.6 is 0 Å². The van der Waals surface area contributed by atoms with Gasteiger partial charge in [-0.3, -0.25) is 9.69 Å². The highest BCUT2D eigenvalue weighted by Crippen LogP contribution is 2.42. The summed E-state index contributed by atoms with van der Waals surface area (Å²) in [7, 11) is 0. The van der Waals surface area contributed by atoms with E-state index in [0.717, 1.165) is 18.5 Å². The predicted octanol–water partition coefficient (Wildman–Crippen LogP) is 3.41. The molecule has 2 saturated heterocycles. The highest BCUT2D eigenvalue weighted by atomic mass is 16.5. The number of hydrogen-bond donors (Lipinski definition) is 0. The Morgan fingerprint density at radius 2 is 1.76 bits per heavy atom. The first kappa shape index (κ1) is 15.5. The lowest BCUT2D eigenvalue weighted by atomic mass is 9.85. The van der Waals surface area contributed by atoms with Gasteiger partial charge in [0.05, 0.1) is 11.5 Å². The molecule has 1 aliphatic carbocycles. The SMILES string of the molecule is CC1(C)OC(C)(C)C(CN2CCCC2C2CCCC2)C1=O. The van der Waals surface area contributed by atoms with Crippen LogP contribution < -0.4 is 0 Å². The Labute approximate surface area is 129 Å². The van der Waals surface area contributed by atoms with E-state index in [1.165, 1.54) is 45.1 Å². The molecule has 2 unspecified atom stereocenters. The van der Waals surface area contributed by atoms with Gasteiger partial charge >= 0.3 is 0 Å². The van der Waals surface area contributed by atoms with Crippen LogP contribution in [0.25, 0.3) is 0 Å². The Morgan fingerprint density at radius 1 is 1.10 bits per heavy atom. The first-order valence-electron chi connectivity index (χ1n) is 8.80. The quantitative estimate of drug-likeness (QED) is 0.798. The van der Waals surface area contributed by atoms with Crippen molar-refractivity contribution in [2.75, 3.05) is 13.1 Å². The molecule has 0 radical (unpaired) electrons. The summed E-state index contributed by atoms with van der Waals surface area (Å²) in [6.07, 6.45) is 8.22. The van der Waals surface area contributed by atoms with Crippen LogP contribution in [-0.4, -0.2) is 41.0 Å². The van der Waals surface area contributed by atoms with E-state index < -0.39 is 5.60 Å². The molecule has 3 rings (SSSR count). The molecule has 3 fully saturated rings. The average molecular weight is 293 g/mol. The Balaban J connectivity index is 1.71. The second-order valence-corrected chi connectivity index (χ2v) is 8.38. The minimum atomic E-state index is -0.614. The maximum atomic E-state index is 12.7. The van der Waals surface area contributed by atoms with Crippen molar-refractivity contribution in [3.63, 3.8) is 0 Å². The van der Waals surface area contributed by atoms with Gasteiger partial charge in [-0.15, -0.1) is 0 Å². The molecule has 0 amide bonds. The molecule has 3 nitrogen and oxygen atoms in total. The number of rotatable bonds is 3. The van der Waals surface area contributed by atoms with Gasteiger partial charge in [0.25, 0.3) is 0 Å². The molecule has 2 aliphatic heterocycles. The first-order valence-corrected chi connectivity index (χ1v) is 8.80. The summed E-state index contributed by atoms with van der Waals surface area (Å²) in [5, 5.41) is 0. The Morgan fingerprint density at radius 3 is 2.33 bits per heavy atom. The fourth-order valence-electron chi connectivity index (χ4n) is 5.01. The van der Waals surface area contributed by atoms with Gasteiger partial charge in [0.1, 0.15) is 5.60 Å². The zero-order valence-electron chi connectivity index (χ0n) is 14.2. The fourth-order valence-corrected chi connectivity index (χ4v) is 5.01. The zero-order valence-corrected chi connectivity index (χ0v) is 14.2. The molecule has 120 valence electrons. The molecule has 0 aromatic heterocycles. The molecule has 3 aliphatic rings. The van der Waals surface area contributed by atoms with Crippen molar-refractivity contribution < 1.29 is 9.53 Å². The monoisotopic (exact) mass is 293 g/mol. The van der Waals surface area contributed by atoms with E-state index in [1.54, 1.807) is 0 Å². The Hall–Kier alpha value is -0.410. The summed E-state index contributed by atoms with van der Waals surface area (Å²) in [5.74, 6) is 1.19. The minimum Gasteiger partial charge on any atom is -0.361 e. The van der Waals surface area contributed by atoms with E-state index in [2.05, 4.69) is 18.7 Å². The van der Waals surface area contributed by atoms with Crippen LogP contribution in [-0.2, 0) is 9.53 Å². The predicted molar refractivity (Wildman–Crippen MR) is 84.3 cm³/mol. The molecule has 0 bridgehead atoms. The topological polar surface area (TPSA) is 29.5 Å². The number of ether oxygens (including phenoxy) is 1. The molecule has 0 spiro atoms. The van der Waals surface area contributed by atoms with Gasteiger partial charge in [0.2, 0.25) is 0 Å².